The molecule has 0 spiro atoms. The second-order valence-corrected chi connectivity index (χ2v) is 4.47. The van der Waals surface area contributed by atoms with Crippen molar-refractivity contribution in [2.45, 2.75) is 44.6 Å². The van der Waals surface area contributed by atoms with Crippen molar-refractivity contribution in [3.63, 3.8) is 0 Å². The summed E-state index contributed by atoms with van der Waals surface area (Å²) in [5.41, 5.74) is -0.471. The van der Waals surface area contributed by atoms with E-state index in [2.05, 4.69) is 22.0 Å². The maximum Gasteiger partial charge on any atom is 0.244 e. The number of aryl methyl sites for hydroxylation is 1. The second kappa shape index (κ2) is 4.69. The van der Waals surface area contributed by atoms with E-state index in [0.29, 0.717) is 11.7 Å². The molecule has 92 valence electrons. The summed E-state index contributed by atoms with van der Waals surface area (Å²) < 4.78 is 5.02. The van der Waals surface area contributed by atoms with E-state index in [4.69, 9.17) is 4.52 Å². The van der Waals surface area contributed by atoms with Gasteiger partial charge in [-0.1, -0.05) is 31.0 Å². The molecule has 17 heavy (non-hydrogen) atoms. The van der Waals surface area contributed by atoms with Crippen LogP contribution in [0.3, 0.4) is 0 Å². The molecule has 0 aliphatic heterocycles. The Balaban J connectivity index is 2.28. The van der Waals surface area contributed by atoms with Crippen molar-refractivity contribution in [1.29, 1.82) is 0 Å². The van der Waals surface area contributed by atoms with Crippen molar-refractivity contribution < 1.29 is 9.32 Å². The van der Waals surface area contributed by atoms with E-state index in [9.17, 15) is 4.79 Å². The standard InChI is InChI=1S/C12H17N3O2/c1-3-10(16)14-12(7-5-4-6-8-12)11-13-9(2)17-15-11/h3H,1,4-8H2,2H3,(H,14,16). The minimum absolute atomic E-state index is 0.186. The van der Waals surface area contributed by atoms with E-state index in [1.54, 1.807) is 6.92 Å². The molecule has 1 aliphatic rings. The van der Waals surface area contributed by atoms with Gasteiger partial charge in [0, 0.05) is 6.92 Å². The monoisotopic (exact) mass is 235 g/mol. The van der Waals surface area contributed by atoms with Gasteiger partial charge in [-0.15, -0.1) is 0 Å². The summed E-state index contributed by atoms with van der Waals surface area (Å²) in [6.45, 7) is 5.23. The number of hydrogen-bond donors (Lipinski definition) is 1. The number of carbonyl (C=O) groups is 1. The first kappa shape index (κ1) is 11.8. The van der Waals surface area contributed by atoms with Crippen LogP contribution < -0.4 is 5.32 Å². The van der Waals surface area contributed by atoms with Crippen LogP contribution in [0.25, 0.3) is 0 Å². The van der Waals surface area contributed by atoms with E-state index < -0.39 is 5.54 Å². The Morgan fingerprint density at radius 3 is 2.71 bits per heavy atom. The Bertz CT molecular complexity index is 419. The molecule has 1 heterocycles. The Labute approximate surface area is 100 Å². The van der Waals surface area contributed by atoms with Crippen molar-refractivity contribution in [3.05, 3.63) is 24.4 Å². The second-order valence-electron chi connectivity index (χ2n) is 4.47. The van der Waals surface area contributed by atoms with Crippen LogP contribution in [0.4, 0.5) is 0 Å². The summed E-state index contributed by atoms with van der Waals surface area (Å²) in [5.74, 6) is 0.928. The van der Waals surface area contributed by atoms with Gasteiger partial charge in [-0.3, -0.25) is 4.79 Å². The Hall–Kier alpha value is -1.65. The summed E-state index contributed by atoms with van der Waals surface area (Å²) >= 11 is 0. The molecule has 1 N–H and O–H groups in total. The number of aromatic nitrogens is 2. The largest absolute Gasteiger partial charge is 0.340 e. The molecule has 5 nitrogen and oxygen atoms in total. The number of amides is 1. The highest BCUT2D eigenvalue weighted by Gasteiger charge is 2.39. The first-order valence-electron chi connectivity index (χ1n) is 5.92. The fourth-order valence-corrected chi connectivity index (χ4v) is 2.34. The van der Waals surface area contributed by atoms with Gasteiger partial charge >= 0.3 is 0 Å². The molecular weight excluding hydrogens is 218 g/mol. The third kappa shape index (κ3) is 2.38. The molecule has 1 amide bonds. The predicted octanol–water partition coefficient (Wildman–Crippen LogP) is 1.84. The molecule has 0 radical (unpaired) electrons. The number of nitrogens with one attached hydrogen (secondary N) is 1. The van der Waals surface area contributed by atoms with E-state index in [-0.39, 0.29) is 5.91 Å². The van der Waals surface area contributed by atoms with Crippen molar-refractivity contribution >= 4 is 5.91 Å². The molecule has 5 heteroatoms. The lowest BCUT2D eigenvalue weighted by atomic mass is 9.81. The summed E-state index contributed by atoms with van der Waals surface area (Å²) in [6, 6.07) is 0. The van der Waals surface area contributed by atoms with Crippen LogP contribution in [0.15, 0.2) is 17.2 Å². The zero-order valence-corrected chi connectivity index (χ0v) is 10.0. The summed E-state index contributed by atoms with van der Waals surface area (Å²) in [7, 11) is 0. The van der Waals surface area contributed by atoms with Crippen LogP contribution in [-0.4, -0.2) is 16.0 Å². The topological polar surface area (TPSA) is 68.0 Å². The number of rotatable bonds is 3. The quantitative estimate of drug-likeness (QED) is 0.812. The number of nitrogens with zero attached hydrogens (tertiary/aromatic N) is 2. The van der Waals surface area contributed by atoms with E-state index in [1.807, 2.05) is 0 Å². The maximum atomic E-state index is 11.6. The average molecular weight is 235 g/mol. The summed E-state index contributed by atoms with van der Waals surface area (Å²) in [5, 5.41) is 6.93. The van der Waals surface area contributed by atoms with Gasteiger partial charge in [0.15, 0.2) is 5.82 Å². The van der Waals surface area contributed by atoms with Crippen LogP contribution in [0.1, 0.15) is 43.8 Å². The average Bonchev–Trinajstić information content (AvgIpc) is 2.77. The predicted molar refractivity (Wildman–Crippen MR) is 62.1 cm³/mol. The molecule has 0 aromatic carbocycles. The lowest BCUT2D eigenvalue weighted by Gasteiger charge is -2.34. The molecule has 1 aromatic heterocycles. The van der Waals surface area contributed by atoms with Crippen LogP contribution in [0.5, 0.6) is 0 Å². The van der Waals surface area contributed by atoms with Crippen molar-refractivity contribution in [2.75, 3.05) is 0 Å². The highest BCUT2D eigenvalue weighted by atomic mass is 16.5. The fraction of sp³-hybridized carbons (Fsp3) is 0.583. The molecule has 0 saturated heterocycles. The zero-order chi connectivity index (χ0) is 12.3. The van der Waals surface area contributed by atoms with Gasteiger partial charge in [-0.2, -0.15) is 4.98 Å². The van der Waals surface area contributed by atoms with Crippen LogP contribution in [-0.2, 0) is 10.3 Å². The molecule has 1 aromatic rings. The van der Waals surface area contributed by atoms with Gasteiger partial charge in [0.25, 0.3) is 0 Å². The minimum Gasteiger partial charge on any atom is -0.340 e. The zero-order valence-electron chi connectivity index (χ0n) is 10.0. The summed E-state index contributed by atoms with van der Waals surface area (Å²) in [4.78, 5) is 15.8. The van der Waals surface area contributed by atoms with Crippen molar-refractivity contribution in [1.82, 2.24) is 15.5 Å². The van der Waals surface area contributed by atoms with Gasteiger partial charge < -0.3 is 9.84 Å². The molecular formula is C12H17N3O2. The molecule has 0 atom stereocenters. The number of carbonyl (C=O) groups excluding carboxylic acids is 1. The van der Waals surface area contributed by atoms with Gasteiger partial charge in [-0.05, 0) is 18.9 Å². The van der Waals surface area contributed by atoms with Gasteiger partial charge in [0.2, 0.25) is 11.8 Å². The van der Waals surface area contributed by atoms with Crippen molar-refractivity contribution in [2.24, 2.45) is 0 Å². The highest BCUT2D eigenvalue weighted by Crippen LogP contribution is 2.35. The van der Waals surface area contributed by atoms with E-state index in [1.165, 1.54) is 12.5 Å². The van der Waals surface area contributed by atoms with Gasteiger partial charge in [0.1, 0.15) is 5.54 Å². The molecule has 1 aliphatic carbocycles. The highest BCUT2D eigenvalue weighted by molar-refractivity contribution is 5.87. The van der Waals surface area contributed by atoms with E-state index in [0.717, 1.165) is 25.7 Å². The molecule has 0 bridgehead atoms. The first-order chi connectivity index (χ1) is 8.16. The van der Waals surface area contributed by atoms with Gasteiger partial charge in [0.05, 0.1) is 0 Å². The number of hydrogen-bond acceptors (Lipinski definition) is 4. The van der Waals surface area contributed by atoms with E-state index >= 15 is 0 Å². The SMILES string of the molecule is C=CC(=O)NC1(c2noc(C)n2)CCCCC1. The normalized spacial score (nSPS) is 18.6. The van der Waals surface area contributed by atoms with Crippen LogP contribution in [0, 0.1) is 6.92 Å². The summed E-state index contributed by atoms with van der Waals surface area (Å²) in [6.07, 6.45) is 6.29. The third-order valence-electron chi connectivity index (χ3n) is 3.21. The molecule has 1 saturated carbocycles. The maximum absolute atomic E-state index is 11.6. The first-order valence-corrected chi connectivity index (χ1v) is 5.92. The van der Waals surface area contributed by atoms with Crippen molar-refractivity contribution in [3.8, 4) is 0 Å². The van der Waals surface area contributed by atoms with Crippen LogP contribution in [0.2, 0.25) is 0 Å². The smallest absolute Gasteiger partial charge is 0.244 e. The van der Waals surface area contributed by atoms with Gasteiger partial charge in [-0.25, -0.2) is 0 Å². The lowest BCUT2D eigenvalue weighted by Crippen LogP contribution is -2.47. The minimum atomic E-state index is -0.471. The third-order valence-corrected chi connectivity index (χ3v) is 3.21. The lowest BCUT2D eigenvalue weighted by molar-refractivity contribution is -0.119. The van der Waals surface area contributed by atoms with Crippen LogP contribution >= 0.6 is 0 Å². The molecule has 1 fully saturated rings. The molecule has 0 unspecified atom stereocenters. The Morgan fingerprint density at radius 2 is 2.18 bits per heavy atom. The fourth-order valence-electron chi connectivity index (χ4n) is 2.34. The Morgan fingerprint density at radius 1 is 1.47 bits per heavy atom. The molecule has 2 rings (SSSR count). The Kier molecular flexibility index (Phi) is 3.26.